The molecule has 1 aromatic carbocycles. The quantitative estimate of drug-likeness (QED) is 0.360. The maximum atomic E-state index is 14.5. The topological polar surface area (TPSA) is 175 Å². The molecule has 0 aromatic heterocycles. The number of hydrogen-bond donors (Lipinski definition) is 3. The molecule has 5 atom stereocenters. The van der Waals surface area contributed by atoms with Crippen LogP contribution < -0.4 is 15.4 Å². The fraction of sp³-hybridized carbons (Fsp3) is 0.583. The Morgan fingerprint density at radius 3 is 2.57 bits per heavy atom. The van der Waals surface area contributed by atoms with Gasteiger partial charge in [-0.1, -0.05) is 49.3 Å². The number of carbonyl (C=O) groups excluding carboxylic acids is 5. The Balaban J connectivity index is 1.18. The third-order valence-electron chi connectivity index (χ3n) is 11.3. The number of amides is 6. The van der Waals surface area contributed by atoms with Gasteiger partial charge < -0.3 is 25.2 Å². The van der Waals surface area contributed by atoms with Gasteiger partial charge in [0.1, 0.15) is 23.7 Å². The van der Waals surface area contributed by atoms with E-state index in [1.54, 1.807) is 16.8 Å². The monoisotopic (exact) mass is 722 g/mol. The SMILES string of the molecule is C=C[C@@H]1C[C@]1(NC(=O)[C@@H]1C[C@@H]2CN1C(=O)[C@H](C1CCCC1)NC(=O)N(C)CC/C=C/c1cccc3c1CN(C3)C(=O)O2)C(=O)NS(=O)(=O)C1CC1. The second kappa shape index (κ2) is 13.6. The van der Waals surface area contributed by atoms with Crippen molar-refractivity contribution in [2.75, 3.05) is 20.1 Å². The Morgan fingerprint density at radius 2 is 1.86 bits per heavy atom. The fourth-order valence-electron chi connectivity index (χ4n) is 8.02. The minimum absolute atomic E-state index is 0.0415. The molecular formula is C36H46N6O8S. The Bertz CT molecular complexity index is 1770. The van der Waals surface area contributed by atoms with Gasteiger partial charge >= 0.3 is 12.1 Å². The Kier molecular flexibility index (Phi) is 9.35. The van der Waals surface area contributed by atoms with Gasteiger partial charge in [0.05, 0.1) is 18.3 Å². The highest BCUT2D eigenvalue weighted by Gasteiger charge is 2.62. The smallest absolute Gasteiger partial charge is 0.410 e. The summed E-state index contributed by atoms with van der Waals surface area (Å²) in [5, 5.41) is 5.10. The van der Waals surface area contributed by atoms with Crippen LogP contribution in [0.1, 0.15) is 74.5 Å². The number of rotatable bonds is 7. The molecule has 6 amide bonds. The van der Waals surface area contributed by atoms with E-state index in [-0.39, 0.29) is 25.3 Å². The van der Waals surface area contributed by atoms with E-state index in [2.05, 4.69) is 21.9 Å². The zero-order valence-corrected chi connectivity index (χ0v) is 29.7. The van der Waals surface area contributed by atoms with Gasteiger partial charge in [-0.25, -0.2) is 18.0 Å². The van der Waals surface area contributed by atoms with Gasteiger partial charge in [0, 0.05) is 32.5 Å². The third kappa shape index (κ3) is 6.96. The maximum Gasteiger partial charge on any atom is 0.410 e. The lowest BCUT2D eigenvalue weighted by molar-refractivity contribution is -0.142. The molecule has 3 aliphatic carbocycles. The van der Waals surface area contributed by atoms with Crippen molar-refractivity contribution in [2.45, 2.75) is 99.9 Å². The van der Waals surface area contributed by atoms with Crippen molar-refractivity contribution in [3.8, 4) is 0 Å². The predicted molar refractivity (Wildman–Crippen MR) is 186 cm³/mol. The van der Waals surface area contributed by atoms with E-state index in [4.69, 9.17) is 4.74 Å². The van der Waals surface area contributed by atoms with Crippen LogP contribution in [0.3, 0.4) is 0 Å². The van der Waals surface area contributed by atoms with Crippen molar-refractivity contribution < 1.29 is 37.1 Å². The number of carbonyl (C=O) groups is 5. The molecule has 3 aliphatic heterocycles. The molecule has 0 spiro atoms. The number of ether oxygens (including phenoxy) is 1. The average molecular weight is 723 g/mol. The molecule has 3 N–H and O–H groups in total. The number of urea groups is 1. The summed E-state index contributed by atoms with van der Waals surface area (Å²) in [5.41, 5.74) is 1.43. The van der Waals surface area contributed by atoms with Crippen molar-refractivity contribution in [1.82, 2.24) is 30.1 Å². The highest BCUT2D eigenvalue weighted by Crippen LogP contribution is 2.45. The van der Waals surface area contributed by atoms with E-state index >= 15 is 0 Å². The Morgan fingerprint density at radius 1 is 1.10 bits per heavy atom. The first kappa shape index (κ1) is 35.0. The molecule has 4 fully saturated rings. The minimum atomic E-state index is -3.89. The molecule has 6 aliphatic rings. The van der Waals surface area contributed by atoms with E-state index in [1.807, 2.05) is 30.4 Å². The molecule has 3 heterocycles. The van der Waals surface area contributed by atoms with Crippen molar-refractivity contribution in [3.63, 3.8) is 0 Å². The van der Waals surface area contributed by atoms with Gasteiger partial charge in [-0.15, -0.1) is 6.58 Å². The summed E-state index contributed by atoms with van der Waals surface area (Å²) in [7, 11) is -2.22. The van der Waals surface area contributed by atoms with Crippen LogP contribution in [0.4, 0.5) is 9.59 Å². The lowest BCUT2D eigenvalue weighted by Crippen LogP contribution is -2.59. The average Bonchev–Trinajstić information content (AvgIpc) is 3.88. The largest absolute Gasteiger partial charge is 0.444 e. The summed E-state index contributed by atoms with van der Waals surface area (Å²) in [5.74, 6) is -2.65. The normalized spacial score (nSPS) is 30.6. The zero-order valence-electron chi connectivity index (χ0n) is 28.8. The fourth-order valence-corrected chi connectivity index (χ4v) is 9.38. The molecule has 4 bridgehead atoms. The number of nitrogens with one attached hydrogen (secondary N) is 3. The summed E-state index contributed by atoms with van der Waals surface area (Å²) < 4.78 is 33.5. The summed E-state index contributed by atoms with van der Waals surface area (Å²) >= 11 is 0. The molecule has 15 heteroatoms. The van der Waals surface area contributed by atoms with Crippen molar-refractivity contribution in [3.05, 3.63) is 53.6 Å². The molecule has 274 valence electrons. The van der Waals surface area contributed by atoms with Gasteiger partial charge in [-0.2, -0.15) is 0 Å². The molecule has 51 heavy (non-hydrogen) atoms. The van der Waals surface area contributed by atoms with Crippen LogP contribution in [0, 0.1) is 11.8 Å². The first-order chi connectivity index (χ1) is 24.4. The molecule has 1 aromatic rings. The summed E-state index contributed by atoms with van der Waals surface area (Å²) in [4.78, 5) is 73.8. The Labute approximate surface area is 298 Å². The lowest BCUT2D eigenvalue weighted by atomic mass is 9.96. The molecule has 7 rings (SSSR count). The van der Waals surface area contributed by atoms with E-state index in [0.29, 0.717) is 38.9 Å². The second-order valence-electron chi connectivity index (χ2n) is 14.9. The number of hydrogen-bond acceptors (Lipinski definition) is 8. The van der Waals surface area contributed by atoms with Crippen LogP contribution in [0.15, 0.2) is 36.9 Å². The molecular weight excluding hydrogens is 676 g/mol. The van der Waals surface area contributed by atoms with Crippen molar-refractivity contribution in [1.29, 1.82) is 0 Å². The van der Waals surface area contributed by atoms with E-state index in [0.717, 1.165) is 42.4 Å². The second-order valence-corrected chi connectivity index (χ2v) is 16.8. The third-order valence-corrected chi connectivity index (χ3v) is 13.2. The van der Waals surface area contributed by atoms with Gasteiger partial charge in [0.15, 0.2) is 0 Å². The van der Waals surface area contributed by atoms with Crippen LogP contribution in [0.25, 0.3) is 6.08 Å². The van der Waals surface area contributed by atoms with E-state index in [9.17, 15) is 32.4 Å². The van der Waals surface area contributed by atoms with Gasteiger partial charge in [-0.3, -0.25) is 24.0 Å². The highest BCUT2D eigenvalue weighted by molar-refractivity contribution is 7.91. The van der Waals surface area contributed by atoms with Crippen LogP contribution in [0.5, 0.6) is 0 Å². The van der Waals surface area contributed by atoms with Crippen molar-refractivity contribution in [2.24, 2.45) is 11.8 Å². The number of benzene rings is 1. The standard InChI is InChI=1S/C36H46N6O8S/c1-3-25-18-36(25,33(45)39-51(48,49)27-14-15-27)38-31(43)29-17-26-20-42(29)32(44)30(23-10-4-5-11-23)37-34(46)40(2)16-7-6-9-22-12-8-13-24-19-41(21-28(22)24)35(47)50-26/h3,6,8-9,12-13,23,25-27,29-30H,1,4-5,7,10-11,14-21H2,2H3,(H,37,46)(H,38,43)(H,39,45)/b9-6+/t25-,26-,29+,30+,36-/m1/s1. The molecule has 1 saturated heterocycles. The van der Waals surface area contributed by atoms with E-state index in [1.165, 1.54) is 11.0 Å². The Hall–Kier alpha value is -4.40. The van der Waals surface area contributed by atoms with Crippen LogP contribution >= 0.6 is 0 Å². The highest BCUT2D eigenvalue weighted by atomic mass is 32.2. The number of fused-ring (bicyclic) bond motifs is 3. The predicted octanol–water partition coefficient (Wildman–Crippen LogP) is 2.39. The zero-order chi connectivity index (χ0) is 36.1. The first-order valence-electron chi connectivity index (χ1n) is 18.0. The summed E-state index contributed by atoms with van der Waals surface area (Å²) in [6.07, 6.45) is 8.91. The van der Waals surface area contributed by atoms with Gasteiger partial charge in [0.25, 0.3) is 5.91 Å². The summed E-state index contributed by atoms with van der Waals surface area (Å²) in [6.45, 7) is 4.77. The van der Waals surface area contributed by atoms with Crippen LogP contribution in [-0.4, -0.2) is 102 Å². The number of sulfonamides is 1. The summed E-state index contributed by atoms with van der Waals surface area (Å²) in [6, 6.07) is 3.41. The first-order valence-corrected chi connectivity index (χ1v) is 19.5. The molecule has 3 saturated carbocycles. The van der Waals surface area contributed by atoms with E-state index < -0.39 is 74.8 Å². The van der Waals surface area contributed by atoms with Gasteiger partial charge in [-0.05, 0) is 61.1 Å². The molecule has 0 radical (unpaired) electrons. The lowest BCUT2D eigenvalue weighted by Gasteiger charge is -2.33. The maximum absolute atomic E-state index is 14.5. The molecule has 0 unspecified atom stereocenters. The minimum Gasteiger partial charge on any atom is -0.444 e. The van der Waals surface area contributed by atoms with Crippen LogP contribution in [0.2, 0.25) is 0 Å². The number of nitrogens with zero attached hydrogens (tertiary/aromatic N) is 3. The van der Waals surface area contributed by atoms with Crippen LogP contribution in [-0.2, 0) is 42.2 Å². The van der Waals surface area contributed by atoms with Gasteiger partial charge in [0.2, 0.25) is 21.8 Å². The molecule has 14 nitrogen and oxygen atoms in total. The van der Waals surface area contributed by atoms with Crippen molar-refractivity contribution >= 4 is 45.9 Å².